The molecule has 0 saturated carbocycles. The summed E-state index contributed by atoms with van der Waals surface area (Å²) in [6.45, 7) is 3.10. The largest absolute Gasteiger partial charge is 0.495 e. The number of hydrogen-bond acceptors (Lipinski definition) is 5. The van der Waals surface area contributed by atoms with Gasteiger partial charge in [0.1, 0.15) is 11.8 Å². The van der Waals surface area contributed by atoms with E-state index < -0.39 is 16.1 Å². The second kappa shape index (κ2) is 10.1. The van der Waals surface area contributed by atoms with Crippen molar-refractivity contribution >= 4 is 27.5 Å². The lowest BCUT2D eigenvalue weighted by Gasteiger charge is -2.34. The normalized spacial score (nSPS) is 19.7. The number of hydrogen-bond donors (Lipinski definition) is 1. The number of rotatable bonds is 6. The zero-order chi connectivity index (χ0) is 24.3. The molecule has 2 aliphatic heterocycles. The number of ether oxygens (including phenoxy) is 1. The number of aryl methyl sites for hydroxylation is 1. The van der Waals surface area contributed by atoms with Gasteiger partial charge in [0.25, 0.3) is 0 Å². The van der Waals surface area contributed by atoms with Gasteiger partial charge in [-0.3, -0.25) is 9.59 Å². The number of piperidine rings is 1. The molecule has 2 heterocycles. The van der Waals surface area contributed by atoms with E-state index in [1.807, 2.05) is 19.1 Å². The maximum absolute atomic E-state index is 13.3. The van der Waals surface area contributed by atoms with Crippen LogP contribution in [0.3, 0.4) is 0 Å². The highest BCUT2D eigenvalue weighted by molar-refractivity contribution is 7.89. The maximum Gasteiger partial charge on any atom is 0.243 e. The SMILES string of the molecule is COc1ccccc1NC(=O)C1CCN(C(=O)[C@@H]2CCCN2S(=O)(=O)c2ccc(C)cc2)CC1. The van der Waals surface area contributed by atoms with Crippen LogP contribution in [0.4, 0.5) is 5.69 Å². The van der Waals surface area contributed by atoms with Crippen molar-refractivity contribution in [2.24, 2.45) is 5.92 Å². The molecule has 0 aliphatic carbocycles. The highest BCUT2D eigenvalue weighted by atomic mass is 32.2. The van der Waals surface area contributed by atoms with Crippen LogP contribution in [-0.4, -0.2) is 62.2 Å². The molecule has 0 spiro atoms. The number of amides is 2. The number of nitrogens with one attached hydrogen (secondary N) is 1. The van der Waals surface area contributed by atoms with Gasteiger partial charge in [-0.15, -0.1) is 0 Å². The number of carbonyl (C=O) groups is 2. The number of methoxy groups -OCH3 is 1. The van der Waals surface area contributed by atoms with Crippen LogP contribution < -0.4 is 10.1 Å². The van der Waals surface area contributed by atoms with E-state index in [2.05, 4.69) is 5.32 Å². The van der Waals surface area contributed by atoms with Crippen molar-refractivity contribution < 1.29 is 22.7 Å². The summed E-state index contributed by atoms with van der Waals surface area (Å²) in [5.74, 6) is 0.113. The molecule has 1 N–H and O–H groups in total. The number of sulfonamides is 1. The van der Waals surface area contributed by atoms with Crippen molar-refractivity contribution in [2.45, 2.75) is 43.5 Å². The molecule has 0 aromatic heterocycles. The minimum absolute atomic E-state index is 0.0963. The standard InChI is InChI=1S/C25H31N3O5S/c1-18-9-11-20(12-10-18)34(31,32)28-15-5-7-22(28)25(30)27-16-13-19(14-17-27)24(29)26-21-6-3-4-8-23(21)33-2/h3-4,6,8-12,19,22H,5,7,13-17H2,1-2H3,(H,26,29)/t22-/m0/s1. The predicted octanol–water partition coefficient (Wildman–Crippen LogP) is 3.03. The fourth-order valence-electron chi connectivity index (χ4n) is 4.68. The summed E-state index contributed by atoms with van der Waals surface area (Å²) >= 11 is 0. The van der Waals surface area contributed by atoms with Gasteiger partial charge in [-0.1, -0.05) is 29.8 Å². The average Bonchev–Trinajstić information content (AvgIpc) is 3.35. The highest BCUT2D eigenvalue weighted by Crippen LogP contribution is 2.30. The van der Waals surface area contributed by atoms with E-state index in [1.165, 1.54) is 4.31 Å². The lowest BCUT2D eigenvalue weighted by Crippen LogP contribution is -2.50. The van der Waals surface area contributed by atoms with Crippen molar-refractivity contribution in [1.82, 2.24) is 9.21 Å². The fraction of sp³-hybridized carbons (Fsp3) is 0.440. The molecule has 2 aromatic carbocycles. The molecular formula is C25H31N3O5S. The molecule has 2 amide bonds. The van der Waals surface area contributed by atoms with Crippen molar-refractivity contribution in [1.29, 1.82) is 0 Å². The molecule has 8 nitrogen and oxygen atoms in total. The van der Waals surface area contributed by atoms with Crippen molar-refractivity contribution in [3.8, 4) is 5.75 Å². The Labute approximate surface area is 200 Å². The van der Waals surface area contributed by atoms with E-state index in [1.54, 1.807) is 48.4 Å². The van der Waals surface area contributed by atoms with Gasteiger partial charge < -0.3 is 15.0 Å². The third kappa shape index (κ3) is 4.95. The summed E-state index contributed by atoms with van der Waals surface area (Å²) in [6, 6.07) is 13.3. The highest BCUT2D eigenvalue weighted by Gasteiger charge is 2.42. The van der Waals surface area contributed by atoms with Gasteiger partial charge in [0.15, 0.2) is 0 Å². The molecule has 0 bridgehead atoms. The second-order valence-electron chi connectivity index (χ2n) is 8.88. The minimum atomic E-state index is -3.74. The maximum atomic E-state index is 13.3. The Balaban J connectivity index is 1.38. The van der Waals surface area contributed by atoms with Crippen LogP contribution in [0, 0.1) is 12.8 Å². The third-order valence-corrected chi connectivity index (χ3v) is 8.58. The van der Waals surface area contributed by atoms with Crippen LogP contribution in [0.1, 0.15) is 31.2 Å². The monoisotopic (exact) mass is 485 g/mol. The summed E-state index contributed by atoms with van der Waals surface area (Å²) in [5.41, 5.74) is 1.60. The minimum Gasteiger partial charge on any atom is -0.495 e. The second-order valence-corrected chi connectivity index (χ2v) is 10.8. The van der Waals surface area contributed by atoms with E-state index in [9.17, 15) is 18.0 Å². The molecule has 4 rings (SSSR count). The third-order valence-electron chi connectivity index (χ3n) is 6.66. The number of para-hydroxylation sites is 2. The van der Waals surface area contributed by atoms with Crippen molar-refractivity contribution in [3.05, 3.63) is 54.1 Å². The summed E-state index contributed by atoms with van der Waals surface area (Å²) in [4.78, 5) is 28.0. The Bertz CT molecular complexity index is 1140. The van der Waals surface area contributed by atoms with Gasteiger partial charge in [0.05, 0.1) is 17.7 Å². The lowest BCUT2D eigenvalue weighted by molar-refractivity contribution is -0.137. The van der Waals surface area contributed by atoms with Crippen LogP contribution in [0.25, 0.3) is 0 Å². The number of anilines is 1. The Morgan fingerprint density at radius 3 is 2.32 bits per heavy atom. The quantitative estimate of drug-likeness (QED) is 0.679. The Morgan fingerprint density at radius 2 is 1.65 bits per heavy atom. The molecule has 2 fully saturated rings. The van der Waals surface area contributed by atoms with Crippen LogP contribution in [0.5, 0.6) is 5.75 Å². The summed E-state index contributed by atoms with van der Waals surface area (Å²) in [5, 5.41) is 2.92. The molecular weight excluding hydrogens is 454 g/mol. The summed E-state index contributed by atoms with van der Waals surface area (Å²) in [7, 11) is -2.19. The zero-order valence-electron chi connectivity index (χ0n) is 19.6. The Morgan fingerprint density at radius 1 is 0.971 bits per heavy atom. The lowest BCUT2D eigenvalue weighted by atomic mass is 9.95. The first-order valence-corrected chi connectivity index (χ1v) is 13.1. The molecule has 1 atom stereocenters. The van der Waals surface area contributed by atoms with E-state index in [0.29, 0.717) is 56.8 Å². The molecule has 2 aliphatic rings. The van der Waals surface area contributed by atoms with Gasteiger partial charge in [-0.05, 0) is 56.9 Å². The number of nitrogens with zero attached hydrogens (tertiary/aromatic N) is 2. The van der Waals surface area contributed by atoms with Crippen LogP contribution >= 0.6 is 0 Å². The molecule has 2 saturated heterocycles. The van der Waals surface area contributed by atoms with E-state index >= 15 is 0 Å². The summed E-state index contributed by atoms with van der Waals surface area (Å²) in [6.07, 6.45) is 2.23. The molecule has 0 unspecified atom stereocenters. The Hall–Kier alpha value is -2.91. The fourth-order valence-corrected chi connectivity index (χ4v) is 6.33. The first kappa shape index (κ1) is 24.2. The Kier molecular flexibility index (Phi) is 7.23. The zero-order valence-corrected chi connectivity index (χ0v) is 20.4. The molecule has 182 valence electrons. The molecule has 34 heavy (non-hydrogen) atoms. The van der Waals surface area contributed by atoms with Gasteiger partial charge >= 0.3 is 0 Å². The van der Waals surface area contributed by atoms with Gasteiger partial charge in [-0.2, -0.15) is 4.31 Å². The van der Waals surface area contributed by atoms with Crippen molar-refractivity contribution in [3.63, 3.8) is 0 Å². The van der Waals surface area contributed by atoms with E-state index in [4.69, 9.17) is 4.74 Å². The van der Waals surface area contributed by atoms with Gasteiger partial charge in [0.2, 0.25) is 21.8 Å². The van der Waals surface area contributed by atoms with E-state index in [-0.39, 0.29) is 22.6 Å². The van der Waals surface area contributed by atoms with Crippen LogP contribution in [0.15, 0.2) is 53.4 Å². The topological polar surface area (TPSA) is 96.0 Å². The summed E-state index contributed by atoms with van der Waals surface area (Å²) < 4.78 is 33.0. The molecule has 2 aromatic rings. The molecule has 9 heteroatoms. The van der Waals surface area contributed by atoms with Crippen LogP contribution in [-0.2, 0) is 19.6 Å². The van der Waals surface area contributed by atoms with E-state index in [0.717, 1.165) is 5.56 Å². The first-order chi connectivity index (χ1) is 16.3. The van der Waals surface area contributed by atoms with Gasteiger partial charge in [0, 0.05) is 25.6 Å². The predicted molar refractivity (Wildman–Crippen MR) is 129 cm³/mol. The molecule has 0 radical (unpaired) electrons. The number of likely N-dealkylation sites (tertiary alicyclic amines) is 1. The first-order valence-electron chi connectivity index (χ1n) is 11.6. The number of carbonyl (C=O) groups excluding carboxylic acids is 2. The van der Waals surface area contributed by atoms with Crippen LogP contribution in [0.2, 0.25) is 0 Å². The van der Waals surface area contributed by atoms with Gasteiger partial charge in [-0.25, -0.2) is 8.42 Å². The number of benzene rings is 2. The van der Waals surface area contributed by atoms with Crippen molar-refractivity contribution in [2.75, 3.05) is 32.1 Å². The smallest absolute Gasteiger partial charge is 0.243 e. The average molecular weight is 486 g/mol.